The lowest BCUT2D eigenvalue weighted by Gasteiger charge is -2.29. The lowest BCUT2D eigenvalue weighted by atomic mass is 10.1. The quantitative estimate of drug-likeness (QED) is 0.945. The molecular weight excluding hydrogens is 295 g/mol. The first kappa shape index (κ1) is 15.4. The van der Waals surface area contributed by atoms with Gasteiger partial charge in [-0.15, -0.1) is 0 Å². The summed E-state index contributed by atoms with van der Waals surface area (Å²) in [6.07, 6.45) is 7.68. The molecule has 2 aromatic heterocycles. The third kappa shape index (κ3) is 3.64. The van der Waals surface area contributed by atoms with Gasteiger partial charge in [-0.05, 0) is 43.9 Å². The van der Waals surface area contributed by atoms with Crippen LogP contribution in [0.4, 0.5) is 15.9 Å². The van der Waals surface area contributed by atoms with Crippen LogP contribution in [0.2, 0.25) is 0 Å². The molecule has 3 rings (SSSR count). The molecule has 0 aliphatic carbocycles. The van der Waals surface area contributed by atoms with Gasteiger partial charge in [-0.1, -0.05) is 0 Å². The minimum Gasteiger partial charge on any atom is -0.356 e. The van der Waals surface area contributed by atoms with Crippen molar-refractivity contribution in [3.05, 3.63) is 47.7 Å². The monoisotopic (exact) mass is 314 g/mol. The molecule has 3 heterocycles. The van der Waals surface area contributed by atoms with Crippen LogP contribution in [0.5, 0.6) is 0 Å². The highest BCUT2D eigenvalue weighted by molar-refractivity contribution is 6.04. The SMILES string of the molecule is Cc1cc(NC(=O)c2cncc(F)c2)cnc1N1CCCCC1. The standard InChI is InChI=1S/C17H19FN4O/c1-12-7-15(11-20-16(12)22-5-3-2-4-6-22)21-17(23)13-8-14(18)10-19-9-13/h7-11H,2-6H2,1H3,(H,21,23). The van der Waals surface area contributed by atoms with Gasteiger partial charge in [0, 0.05) is 19.3 Å². The molecule has 0 bridgehead atoms. The van der Waals surface area contributed by atoms with Gasteiger partial charge in [0.05, 0.1) is 23.6 Å². The molecule has 1 aliphatic heterocycles. The number of piperidine rings is 1. The first-order chi connectivity index (χ1) is 11.1. The summed E-state index contributed by atoms with van der Waals surface area (Å²) in [6.45, 7) is 4.03. The maximum absolute atomic E-state index is 13.1. The normalized spacial score (nSPS) is 14.6. The number of amides is 1. The fourth-order valence-corrected chi connectivity index (χ4v) is 2.81. The molecule has 1 N–H and O–H groups in total. The van der Waals surface area contributed by atoms with Gasteiger partial charge in [0.15, 0.2) is 0 Å². The van der Waals surface area contributed by atoms with E-state index in [9.17, 15) is 9.18 Å². The Bertz CT molecular complexity index is 713. The van der Waals surface area contributed by atoms with Crippen molar-refractivity contribution in [3.63, 3.8) is 0 Å². The summed E-state index contributed by atoms with van der Waals surface area (Å²) in [7, 11) is 0. The van der Waals surface area contributed by atoms with E-state index in [0.717, 1.165) is 36.7 Å². The molecule has 0 unspecified atom stereocenters. The van der Waals surface area contributed by atoms with Crippen molar-refractivity contribution < 1.29 is 9.18 Å². The van der Waals surface area contributed by atoms with Crippen molar-refractivity contribution in [3.8, 4) is 0 Å². The topological polar surface area (TPSA) is 58.1 Å². The average Bonchev–Trinajstić information content (AvgIpc) is 2.56. The first-order valence-electron chi connectivity index (χ1n) is 7.77. The summed E-state index contributed by atoms with van der Waals surface area (Å²) < 4.78 is 13.1. The lowest BCUT2D eigenvalue weighted by molar-refractivity contribution is 0.102. The largest absolute Gasteiger partial charge is 0.356 e. The Morgan fingerprint density at radius 3 is 2.65 bits per heavy atom. The van der Waals surface area contributed by atoms with Gasteiger partial charge in [-0.2, -0.15) is 0 Å². The number of halogens is 1. The maximum atomic E-state index is 13.1. The molecule has 23 heavy (non-hydrogen) atoms. The van der Waals surface area contributed by atoms with Crippen molar-refractivity contribution in [1.29, 1.82) is 0 Å². The number of carbonyl (C=O) groups is 1. The van der Waals surface area contributed by atoms with E-state index in [0.29, 0.717) is 5.69 Å². The number of aromatic nitrogens is 2. The first-order valence-corrected chi connectivity index (χ1v) is 7.77. The Hall–Kier alpha value is -2.50. The summed E-state index contributed by atoms with van der Waals surface area (Å²) in [6, 6.07) is 3.05. The Morgan fingerprint density at radius 2 is 1.96 bits per heavy atom. The number of hydrogen-bond donors (Lipinski definition) is 1. The van der Waals surface area contributed by atoms with Crippen LogP contribution in [-0.4, -0.2) is 29.0 Å². The second-order valence-electron chi connectivity index (χ2n) is 5.76. The third-order valence-electron chi connectivity index (χ3n) is 3.93. The molecule has 1 fully saturated rings. The minimum atomic E-state index is -0.535. The van der Waals surface area contributed by atoms with E-state index in [1.54, 1.807) is 6.20 Å². The zero-order valence-corrected chi connectivity index (χ0v) is 13.1. The van der Waals surface area contributed by atoms with E-state index in [2.05, 4.69) is 20.2 Å². The number of anilines is 2. The molecule has 2 aromatic rings. The third-order valence-corrected chi connectivity index (χ3v) is 3.93. The van der Waals surface area contributed by atoms with Crippen molar-refractivity contribution >= 4 is 17.4 Å². The molecular formula is C17H19FN4O. The van der Waals surface area contributed by atoms with Crippen LogP contribution in [0.3, 0.4) is 0 Å². The van der Waals surface area contributed by atoms with Crippen LogP contribution in [-0.2, 0) is 0 Å². The van der Waals surface area contributed by atoms with Gasteiger partial charge < -0.3 is 10.2 Å². The van der Waals surface area contributed by atoms with E-state index in [4.69, 9.17) is 0 Å². The van der Waals surface area contributed by atoms with E-state index in [1.807, 2.05) is 13.0 Å². The van der Waals surface area contributed by atoms with Crippen LogP contribution in [0.25, 0.3) is 0 Å². The van der Waals surface area contributed by atoms with Gasteiger partial charge in [-0.25, -0.2) is 9.37 Å². The van der Waals surface area contributed by atoms with Crippen molar-refractivity contribution in [2.24, 2.45) is 0 Å². The smallest absolute Gasteiger partial charge is 0.257 e. The van der Waals surface area contributed by atoms with Gasteiger partial charge >= 0.3 is 0 Å². The zero-order chi connectivity index (χ0) is 16.2. The Balaban J connectivity index is 1.73. The maximum Gasteiger partial charge on any atom is 0.257 e. The fourth-order valence-electron chi connectivity index (χ4n) is 2.81. The Morgan fingerprint density at radius 1 is 1.17 bits per heavy atom. The summed E-state index contributed by atoms with van der Waals surface area (Å²) in [5.74, 6) is 0.0337. The van der Waals surface area contributed by atoms with E-state index in [1.165, 1.54) is 25.5 Å². The highest BCUT2D eigenvalue weighted by atomic mass is 19.1. The number of pyridine rings is 2. The number of rotatable bonds is 3. The molecule has 0 spiro atoms. The molecule has 0 aromatic carbocycles. The van der Waals surface area contributed by atoms with Crippen molar-refractivity contribution in [1.82, 2.24) is 9.97 Å². The molecule has 120 valence electrons. The second kappa shape index (κ2) is 6.73. The summed E-state index contributed by atoms with van der Waals surface area (Å²) in [5, 5.41) is 2.73. The predicted molar refractivity (Wildman–Crippen MR) is 87.2 cm³/mol. The zero-order valence-electron chi connectivity index (χ0n) is 13.1. The summed E-state index contributed by atoms with van der Waals surface area (Å²) in [4.78, 5) is 22.6. The van der Waals surface area contributed by atoms with E-state index in [-0.39, 0.29) is 5.56 Å². The van der Waals surface area contributed by atoms with Gasteiger partial charge in [0.2, 0.25) is 0 Å². The van der Waals surface area contributed by atoms with Gasteiger partial charge in [0.1, 0.15) is 11.6 Å². The Labute approximate surface area is 134 Å². The van der Waals surface area contributed by atoms with Crippen molar-refractivity contribution in [2.75, 3.05) is 23.3 Å². The van der Waals surface area contributed by atoms with Crippen LogP contribution < -0.4 is 10.2 Å². The second-order valence-corrected chi connectivity index (χ2v) is 5.76. The summed E-state index contributed by atoms with van der Waals surface area (Å²) >= 11 is 0. The number of aryl methyl sites for hydroxylation is 1. The number of hydrogen-bond acceptors (Lipinski definition) is 4. The molecule has 0 radical (unpaired) electrons. The Kier molecular flexibility index (Phi) is 4.50. The number of nitrogens with one attached hydrogen (secondary N) is 1. The van der Waals surface area contributed by atoms with Gasteiger partial charge in [0.25, 0.3) is 5.91 Å². The molecule has 0 saturated carbocycles. The highest BCUT2D eigenvalue weighted by Crippen LogP contribution is 2.23. The average molecular weight is 314 g/mol. The number of carbonyl (C=O) groups excluding carboxylic acids is 1. The fraction of sp³-hybridized carbons (Fsp3) is 0.353. The summed E-state index contributed by atoms with van der Waals surface area (Å²) in [5.41, 5.74) is 1.79. The van der Waals surface area contributed by atoms with E-state index < -0.39 is 11.7 Å². The van der Waals surface area contributed by atoms with Crippen LogP contribution in [0.1, 0.15) is 35.2 Å². The van der Waals surface area contributed by atoms with Crippen LogP contribution in [0.15, 0.2) is 30.7 Å². The molecule has 1 amide bonds. The molecule has 5 nitrogen and oxygen atoms in total. The molecule has 0 atom stereocenters. The van der Waals surface area contributed by atoms with E-state index >= 15 is 0 Å². The highest BCUT2D eigenvalue weighted by Gasteiger charge is 2.15. The van der Waals surface area contributed by atoms with Gasteiger partial charge in [-0.3, -0.25) is 9.78 Å². The molecule has 1 saturated heterocycles. The minimum absolute atomic E-state index is 0.183. The molecule has 1 aliphatic rings. The molecule has 6 heteroatoms. The number of nitrogens with zero attached hydrogens (tertiary/aromatic N) is 3. The lowest BCUT2D eigenvalue weighted by Crippen LogP contribution is -2.30. The van der Waals surface area contributed by atoms with Crippen LogP contribution in [0, 0.1) is 12.7 Å². The van der Waals surface area contributed by atoms with Crippen molar-refractivity contribution in [2.45, 2.75) is 26.2 Å². The predicted octanol–water partition coefficient (Wildman–Crippen LogP) is 3.17. The van der Waals surface area contributed by atoms with Crippen LogP contribution >= 0.6 is 0 Å².